The Balaban J connectivity index is 1.47. The summed E-state index contributed by atoms with van der Waals surface area (Å²) in [6.07, 6.45) is 5.56. The predicted octanol–water partition coefficient (Wildman–Crippen LogP) is -0.646. The number of ether oxygens (including phenoxy) is 1. The molecular weight excluding hydrogens is 298 g/mol. The van der Waals surface area contributed by atoms with Gasteiger partial charge in [0.1, 0.15) is 0 Å². The molecule has 3 rings (SSSR count). The molecule has 8 heteroatoms. The molecule has 0 aromatic carbocycles. The number of nitrogens with zero attached hydrogens (tertiary/aromatic N) is 5. The van der Waals surface area contributed by atoms with Crippen molar-refractivity contribution in [3.63, 3.8) is 0 Å². The Morgan fingerprint density at radius 3 is 2.87 bits per heavy atom. The lowest BCUT2D eigenvalue weighted by atomic mass is 9.92. The van der Waals surface area contributed by atoms with Gasteiger partial charge in [-0.05, 0) is 19.4 Å². The normalized spacial score (nSPS) is 26.4. The minimum absolute atomic E-state index is 0.179. The van der Waals surface area contributed by atoms with E-state index in [0.29, 0.717) is 52.4 Å². The van der Waals surface area contributed by atoms with Crippen LogP contribution in [0.15, 0.2) is 12.4 Å². The van der Waals surface area contributed by atoms with Gasteiger partial charge >= 0.3 is 0 Å². The molecule has 0 spiro atoms. The number of aromatic nitrogens is 3. The third kappa shape index (κ3) is 4.49. The molecule has 1 atom stereocenters. The number of aliphatic hydroxyl groups is 1. The van der Waals surface area contributed by atoms with E-state index >= 15 is 0 Å². The third-order valence-corrected chi connectivity index (χ3v) is 4.57. The van der Waals surface area contributed by atoms with E-state index in [1.165, 1.54) is 0 Å². The second-order valence-corrected chi connectivity index (χ2v) is 6.45. The fourth-order valence-corrected chi connectivity index (χ4v) is 3.37. The third-order valence-electron chi connectivity index (χ3n) is 4.57. The first-order chi connectivity index (χ1) is 11.1. The van der Waals surface area contributed by atoms with Crippen molar-refractivity contribution in [2.75, 3.05) is 45.9 Å². The van der Waals surface area contributed by atoms with Gasteiger partial charge < -0.3 is 14.7 Å². The maximum Gasteiger partial charge on any atom is 0.224 e. The van der Waals surface area contributed by atoms with Crippen LogP contribution in [0.25, 0.3) is 0 Å². The Hall–Kier alpha value is -1.51. The zero-order valence-corrected chi connectivity index (χ0v) is 13.4. The lowest BCUT2D eigenvalue weighted by Crippen LogP contribution is -2.51. The lowest BCUT2D eigenvalue weighted by Gasteiger charge is -2.39. The summed E-state index contributed by atoms with van der Waals surface area (Å²) in [7, 11) is 0. The molecule has 3 heterocycles. The van der Waals surface area contributed by atoms with Crippen LogP contribution < -0.4 is 0 Å². The molecular formula is C15H25N5O3. The zero-order chi connectivity index (χ0) is 16.1. The first-order valence-corrected chi connectivity index (χ1v) is 8.29. The molecule has 1 aromatic rings. The average molecular weight is 323 g/mol. The summed E-state index contributed by atoms with van der Waals surface area (Å²) < 4.78 is 6.94. The van der Waals surface area contributed by atoms with E-state index in [2.05, 4.69) is 15.2 Å². The lowest BCUT2D eigenvalue weighted by molar-refractivity contribution is -0.136. The molecule has 1 aromatic heterocycles. The molecule has 128 valence electrons. The number of piperidine rings is 1. The average Bonchev–Trinajstić information content (AvgIpc) is 3.06. The van der Waals surface area contributed by atoms with Gasteiger partial charge in [-0.1, -0.05) is 5.21 Å². The van der Waals surface area contributed by atoms with Gasteiger partial charge in [-0.2, -0.15) is 0 Å². The maximum absolute atomic E-state index is 12.2. The van der Waals surface area contributed by atoms with Crippen molar-refractivity contribution in [2.24, 2.45) is 0 Å². The van der Waals surface area contributed by atoms with Gasteiger partial charge in [0.25, 0.3) is 0 Å². The molecule has 2 fully saturated rings. The van der Waals surface area contributed by atoms with Crippen LogP contribution >= 0.6 is 0 Å². The summed E-state index contributed by atoms with van der Waals surface area (Å²) in [6, 6.07) is 0. The number of β-amino-alcohol motifs (C(OH)–C–C–N with tert-alkyl or cyclic N) is 1. The van der Waals surface area contributed by atoms with Crippen LogP contribution in [0, 0.1) is 0 Å². The molecule has 0 unspecified atom stereocenters. The van der Waals surface area contributed by atoms with Crippen molar-refractivity contribution < 1.29 is 14.6 Å². The number of carbonyl (C=O) groups is 1. The van der Waals surface area contributed by atoms with Crippen molar-refractivity contribution in [2.45, 2.75) is 31.4 Å². The summed E-state index contributed by atoms with van der Waals surface area (Å²) in [5, 5.41) is 18.5. The quantitative estimate of drug-likeness (QED) is 0.775. The van der Waals surface area contributed by atoms with E-state index in [1.54, 1.807) is 17.1 Å². The number of rotatable bonds is 5. The molecule has 23 heavy (non-hydrogen) atoms. The van der Waals surface area contributed by atoms with Crippen LogP contribution in [-0.2, 0) is 16.1 Å². The summed E-state index contributed by atoms with van der Waals surface area (Å²) in [4.78, 5) is 16.3. The van der Waals surface area contributed by atoms with Crippen molar-refractivity contribution in [1.82, 2.24) is 24.8 Å². The molecule has 0 radical (unpaired) electrons. The Kier molecular flexibility index (Phi) is 5.24. The molecule has 1 N–H and O–H groups in total. The standard InChI is InChI=1S/C15H25N5O3/c21-14(19-8-10-23-11-9-19)2-6-18-5-1-3-15(22,12-18)13-20-7-4-16-17-20/h4,7,22H,1-3,5-6,8-13H2/t15-/m0/s1. The van der Waals surface area contributed by atoms with Gasteiger partial charge in [-0.25, -0.2) is 4.68 Å². The number of carbonyl (C=O) groups excluding carboxylic acids is 1. The van der Waals surface area contributed by atoms with Crippen molar-refractivity contribution in [1.29, 1.82) is 0 Å². The Morgan fingerprint density at radius 2 is 2.13 bits per heavy atom. The minimum Gasteiger partial charge on any atom is -0.387 e. The highest BCUT2D eigenvalue weighted by molar-refractivity contribution is 5.76. The van der Waals surface area contributed by atoms with Gasteiger partial charge in [0.05, 0.1) is 31.6 Å². The summed E-state index contributed by atoms with van der Waals surface area (Å²) >= 11 is 0. The Labute approximate surface area is 136 Å². The van der Waals surface area contributed by atoms with E-state index in [-0.39, 0.29) is 5.91 Å². The van der Waals surface area contributed by atoms with Gasteiger partial charge in [0, 0.05) is 38.8 Å². The Morgan fingerprint density at radius 1 is 1.30 bits per heavy atom. The highest BCUT2D eigenvalue weighted by Crippen LogP contribution is 2.23. The number of amides is 1. The molecule has 2 aliphatic rings. The Bertz CT molecular complexity index is 503. The number of likely N-dealkylation sites (tertiary alicyclic amines) is 1. The van der Waals surface area contributed by atoms with Crippen molar-refractivity contribution in [3.05, 3.63) is 12.4 Å². The number of hydrogen-bond acceptors (Lipinski definition) is 6. The highest BCUT2D eigenvalue weighted by Gasteiger charge is 2.34. The second kappa shape index (κ2) is 7.37. The largest absolute Gasteiger partial charge is 0.387 e. The minimum atomic E-state index is -0.798. The van der Waals surface area contributed by atoms with Crippen LogP contribution in [0.1, 0.15) is 19.3 Å². The highest BCUT2D eigenvalue weighted by atomic mass is 16.5. The predicted molar refractivity (Wildman–Crippen MR) is 82.7 cm³/mol. The smallest absolute Gasteiger partial charge is 0.224 e. The molecule has 8 nitrogen and oxygen atoms in total. The van der Waals surface area contributed by atoms with Crippen molar-refractivity contribution >= 4 is 5.91 Å². The molecule has 0 saturated carbocycles. The zero-order valence-electron chi connectivity index (χ0n) is 13.4. The van der Waals surface area contributed by atoms with Crippen LogP contribution in [0.2, 0.25) is 0 Å². The second-order valence-electron chi connectivity index (χ2n) is 6.45. The summed E-state index contributed by atoms with van der Waals surface area (Å²) in [6.45, 7) is 5.28. The SMILES string of the molecule is O=C(CCN1CCC[C@@](O)(Cn2ccnn2)C1)N1CCOCC1. The first-order valence-electron chi connectivity index (χ1n) is 8.29. The van der Waals surface area contributed by atoms with Crippen LogP contribution in [0.5, 0.6) is 0 Å². The van der Waals surface area contributed by atoms with E-state index in [4.69, 9.17) is 4.74 Å². The summed E-state index contributed by atoms with van der Waals surface area (Å²) in [5.41, 5.74) is -0.798. The van der Waals surface area contributed by atoms with Crippen LogP contribution in [0.4, 0.5) is 0 Å². The molecule has 1 amide bonds. The molecule has 2 aliphatic heterocycles. The van der Waals surface area contributed by atoms with E-state index in [1.807, 2.05) is 4.90 Å². The molecule has 0 aliphatic carbocycles. The van der Waals surface area contributed by atoms with E-state index < -0.39 is 5.60 Å². The van der Waals surface area contributed by atoms with E-state index in [9.17, 15) is 9.90 Å². The number of hydrogen-bond donors (Lipinski definition) is 1. The monoisotopic (exact) mass is 323 g/mol. The topological polar surface area (TPSA) is 83.7 Å². The van der Waals surface area contributed by atoms with Gasteiger partial charge in [0.15, 0.2) is 0 Å². The van der Waals surface area contributed by atoms with Gasteiger partial charge in [-0.15, -0.1) is 5.10 Å². The summed E-state index contributed by atoms with van der Waals surface area (Å²) in [5.74, 6) is 0.179. The first kappa shape index (κ1) is 16.4. The van der Waals surface area contributed by atoms with Gasteiger partial charge in [0.2, 0.25) is 5.91 Å². The van der Waals surface area contributed by atoms with Crippen LogP contribution in [0.3, 0.4) is 0 Å². The fraction of sp³-hybridized carbons (Fsp3) is 0.800. The molecule has 2 saturated heterocycles. The van der Waals surface area contributed by atoms with Crippen molar-refractivity contribution in [3.8, 4) is 0 Å². The van der Waals surface area contributed by atoms with Gasteiger partial charge in [-0.3, -0.25) is 9.69 Å². The fourth-order valence-electron chi connectivity index (χ4n) is 3.37. The van der Waals surface area contributed by atoms with E-state index in [0.717, 1.165) is 19.4 Å². The van der Waals surface area contributed by atoms with Crippen LogP contribution in [-0.4, -0.2) is 87.3 Å². The number of morpholine rings is 1. The molecule has 0 bridgehead atoms. The maximum atomic E-state index is 12.2.